The first-order valence-electron chi connectivity index (χ1n) is 6.79. The number of likely N-dealkylation sites (N-methyl/N-ethyl adjacent to an activating group) is 1. The zero-order chi connectivity index (χ0) is 12.7. The largest absolute Gasteiger partial charge is 0.309 e. The molecule has 1 fully saturated rings. The molecule has 4 heteroatoms. The average Bonchev–Trinajstić information content (AvgIpc) is 3.21. The highest BCUT2D eigenvalue weighted by Crippen LogP contribution is 2.36. The quantitative estimate of drug-likeness (QED) is 0.785. The molecule has 0 atom stereocenters. The lowest BCUT2D eigenvalue weighted by Gasteiger charge is -2.30. The molecule has 0 aromatic carbocycles. The molecular formula is C14H19ClN2O. The maximum atomic E-state index is 12.4. The molecule has 1 saturated carbocycles. The van der Waals surface area contributed by atoms with Gasteiger partial charge in [-0.05, 0) is 31.0 Å². The van der Waals surface area contributed by atoms with Crippen LogP contribution in [0.2, 0.25) is 0 Å². The summed E-state index contributed by atoms with van der Waals surface area (Å²) in [5, 5.41) is 0. The number of alkyl halides is 1. The molecule has 0 spiro atoms. The van der Waals surface area contributed by atoms with Gasteiger partial charge < -0.3 is 4.57 Å². The Hall–Kier alpha value is -0.800. The number of fused-ring (bicyclic) bond motifs is 1. The number of halogens is 1. The van der Waals surface area contributed by atoms with E-state index in [0.717, 1.165) is 44.5 Å². The van der Waals surface area contributed by atoms with Gasteiger partial charge in [0.25, 0.3) is 5.56 Å². The smallest absolute Gasteiger partial charge is 0.255 e. The minimum absolute atomic E-state index is 0.149. The number of hydrogen-bond acceptors (Lipinski definition) is 2. The van der Waals surface area contributed by atoms with Crippen LogP contribution in [0.25, 0.3) is 0 Å². The van der Waals surface area contributed by atoms with Crippen molar-refractivity contribution in [2.24, 2.45) is 0 Å². The van der Waals surface area contributed by atoms with Crippen molar-refractivity contribution in [2.75, 3.05) is 13.1 Å². The lowest BCUT2D eigenvalue weighted by Crippen LogP contribution is -2.36. The second kappa shape index (κ2) is 4.71. The molecule has 0 radical (unpaired) electrons. The summed E-state index contributed by atoms with van der Waals surface area (Å²) in [4.78, 5) is 14.8. The molecule has 1 aromatic rings. The monoisotopic (exact) mass is 266 g/mol. The fraction of sp³-hybridized carbons (Fsp3) is 0.643. The van der Waals surface area contributed by atoms with Crippen molar-refractivity contribution in [2.45, 2.75) is 44.7 Å². The Labute approximate surface area is 112 Å². The molecule has 1 aromatic heterocycles. The molecule has 0 unspecified atom stereocenters. The number of nitrogens with zero attached hydrogens (tertiary/aromatic N) is 2. The SMILES string of the molecule is CCN1CCc2c(cc(CCl)c(=O)n2C2CC2)C1. The lowest BCUT2D eigenvalue weighted by molar-refractivity contribution is 0.261. The molecule has 0 N–H and O–H groups in total. The molecule has 3 rings (SSSR count). The van der Waals surface area contributed by atoms with Gasteiger partial charge in [-0.1, -0.05) is 6.92 Å². The summed E-state index contributed by atoms with van der Waals surface area (Å²) in [5.41, 5.74) is 3.49. The summed E-state index contributed by atoms with van der Waals surface area (Å²) in [7, 11) is 0. The molecule has 0 saturated heterocycles. The lowest BCUT2D eigenvalue weighted by atomic mass is 10.0. The Balaban J connectivity index is 2.11. The van der Waals surface area contributed by atoms with Gasteiger partial charge in [-0.25, -0.2) is 0 Å². The van der Waals surface area contributed by atoms with Crippen LogP contribution in [-0.4, -0.2) is 22.6 Å². The summed E-state index contributed by atoms with van der Waals surface area (Å²) >= 11 is 5.92. The normalized spacial score (nSPS) is 19.9. The maximum absolute atomic E-state index is 12.4. The van der Waals surface area contributed by atoms with Gasteiger partial charge in [0, 0.05) is 36.8 Å². The van der Waals surface area contributed by atoms with Crippen LogP contribution in [0, 0.1) is 0 Å². The first kappa shape index (κ1) is 12.2. The Bertz CT molecular complexity index is 519. The van der Waals surface area contributed by atoms with Gasteiger partial charge in [0.15, 0.2) is 0 Å². The zero-order valence-corrected chi connectivity index (χ0v) is 11.5. The van der Waals surface area contributed by atoms with Crippen molar-refractivity contribution in [1.29, 1.82) is 0 Å². The third-order valence-electron chi connectivity index (χ3n) is 4.07. The van der Waals surface area contributed by atoms with E-state index >= 15 is 0 Å². The first-order valence-corrected chi connectivity index (χ1v) is 7.32. The molecule has 0 bridgehead atoms. The van der Waals surface area contributed by atoms with Crippen molar-refractivity contribution in [3.8, 4) is 0 Å². The van der Waals surface area contributed by atoms with E-state index in [4.69, 9.17) is 11.6 Å². The van der Waals surface area contributed by atoms with Crippen molar-refractivity contribution < 1.29 is 0 Å². The Kier molecular flexibility index (Phi) is 3.20. The molecule has 2 heterocycles. The number of pyridine rings is 1. The fourth-order valence-corrected chi connectivity index (χ4v) is 3.07. The summed E-state index contributed by atoms with van der Waals surface area (Å²) in [6.45, 7) is 5.28. The number of aromatic nitrogens is 1. The van der Waals surface area contributed by atoms with Crippen LogP contribution in [0.5, 0.6) is 0 Å². The van der Waals surface area contributed by atoms with Crippen LogP contribution in [-0.2, 0) is 18.8 Å². The summed E-state index contributed by atoms with van der Waals surface area (Å²) in [5.74, 6) is 0.324. The van der Waals surface area contributed by atoms with Crippen molar-refractivity contribution in [3.05, 3.63) is 33.2 Å². The Morgan fingerprint density at radius 1 is 1.44 bits per heavy atom. The molecule has 18 heavy (non-hydrogen) atoms. The topological polar surface area (TPSA) is 25.2 Å². The highest BCUT2D eigenvalue weighted by Gasteiger charge is 2.30. The van der Waals surface area contributed by atoms with Crippen molar-refractivity contribution in [3.63, 3.8) is 0 Å². The van der Waals surface area contributed by atoms with E-state index in [9.17, 15) is 4.79 Å². The van der Waals surface area contributed by atoms with Crippen LogP contribution in [0.15, 0.2) is 10.9 Å². The Morgan fingerprint density at radius 3 is 2.83 bits per heavy atom. The first-order chi connectivity index (χ1) is 8.74. The highest BCUT2D eigenvalue weighted by molar-refractivity contribution is 6.17. The van der Waals surface area contributed by atoms with E-state index in [0.29, 0.717) is 11.9 Å². The van der Waals surface area contributed by atoms with Gasteiger partial charge in [0.2, 0.25) is 0 Å². The predicted octanol–water partition coefficient (Wildman–Crippen LogP) is 2.30. The minimum Gasteiger partial charge on any atom is -0.309 e. The fourth-order valence-electron chi connectivity index (χ4n) is 2.87. The van der Waals surface area contributed by atoms with E-state index in [2.05, 4.69) is 11.8 Å². The van der Waals surface area contributed by atoms with Crippen LogP contribution < -0.4 is 5.56 Å². The van der Waals surface area contributed by atoms with Gasteiger partial charge in [-0.15, -0.1) is 11.6 Å². The second-order valence-electron chi connectivity index (χ2n) is 5.30. The van der Waals surface area contributed by atoms with Gasteiger partial charge in [-0.3, -0.25) is 9.69 Å². The van der Waals surface area contributed by atoms with Gasteiger partial charge >= 0.3 is 0 Å². The molecule has 3 nitrogen and oxygen atoms in total. The van der Waals surface area contributed by atoms with Crippen LogP contribution >= 0.6 is 11.6 Å². The molecule has 1 aliphatic carbocycles. The number of rotatable bonds is 3. The third kappa shape index (κ3) is 1.99. The van der Waals surface area contributed by atoms with Gasteiger partial charge in [0.05, 0.1) is 5.88 Å². The highest BCUT2D eigenvalue weighted by atomic mass is 35.5. The van der Waals surface area contributed by atoms with Gasteiger partial charge in [-0.2, -0.15) is 0 Å². The second-order valence-corrected chi connectivity index (χ2v) is 5.57. The van der Waals surface area contributed by atoms with E-state index in [1.165, 1.54) is 11.3 Å². The molecule has 98 valence electrons. The standard InChI is InChI=1S/C14H19ClN2O/c1-2-16-6-5-13-11(9-16)7-10(8-15)14(18)17(13)12-3-4-12/h7,12H,2-6,8-9H2,1H3. The summed E-state index contributed by atoms with van der Waals surface area (Å²) < 4.78 is 2.04. The zero-order valence-electron chi connectivity index (χ0n) is 10.8. The number of hydrogen-bond donors (Lipinski definition) is 0. The van der Waals surface area contributed by atoms with Gasteiger partial charge in [0.1, 0.15) is 0 Å². The summed E-state index contributed by atoms with van der Waals surface area (Å²) in [6.07, 6.45) is 3.29. The van der Waals surface area contributed by atoms with Crippen LogP contribution in [0.4, 0.5) is 0 Å². The molecule has 1 aliphatic heterocycles. The molecule has 0 amide bonds. The van der Waals surface area contributed by atoms with Crippen molar-refractivity contribution >= 4 is 11.6 Å². The summed E-state index contributed by atoms with van der Waals surface area (Å²) in [6, 6.07) is 2.48. The predicted molar refractivity (Wildman–Crippen MR) is 73.2 cm³/mol. The van der Waals surface area contributed by atoms with E-state index < -0.39 is 0 Å². The van der Waals surface area contributed by atoms with E-state index in [-0.39, 0.29) is 5.56 Å². The van der Waals surface area contributed by atoms with Crippen LogP contribution in [0.1, 0.15) is 42.6 Å². The molecule has 2 aliphatic rings. The van der Waals surface area contributed by atoms with E-state index in [1.54, 1.807) is 0 Å². The Morgan fingerprint density at radius 2 is 2.22 bits per heavy atom. The minimum atomic E-state index is 0.149. The third-order valence-corrected chi connectivity index (χ3v) is 4.35. The van der Waals surface area contributed by atoms with E-state index in [1.807, 2.05) is 10.6 Å². The van der Waals surface area contributed by atoms with Crippen LogP contribution in [0.3, 0.4) is 0 Å². The maximum Gasteiger partial charge on any atom is 0.255 e. The molecular weight excluding hydrogens is 248 g/mol. The average molecular weight is 267 g/mol. The van der Waals surface area contributed by atoms with Crippen molar-refractivity contribution in [1.82, 2.24) is 9.47 Å².